The molecule has 1 heterocycles. The number of ketones is 1. The predicted octanol–water partition coefficient (Wildman–Crippen LogP) is 1.30. The summed E-state index contributed by atoms with van der Waals surface area (Å²) in [5.74, 6) is 0.0364. The normalized spacial score (nSPS) is 22.2. The van der Waals surface area contributed by atoms with Gasteiger partial charge in [0, 0.05) is 24.5 Å². The van der Waals surface area contributed by atoms with Gasteiger partial charge in [0.25, 0.3) is 0 Å². The molecule has 4 heteroatoms. The number of carbonyl (C=O) groups excluding carboxylic acids is 1. The number of aromatic nitrogens is 2. The Bertz CT molecular complexity index is 573. The summed E-state index contributed by atoms with van der Waals surface area (Å²) in [4.78, 5) is 16.5. The molecule has 1 atom stereocenters. The first-order chi connectivity index (χ1) is 8.75. The number of imidazole rings is 1. The number of Topliss-reactive ketones (excluding diaryl/α,β-unsaturated/α-hetero) is 1. The highest BCUT2D eigenvalue weighted by molar-refractivity contribution is 6.05. The van der Waals surface area contributed by atoms with E-state index in [1.807, 2.05) is 35.0 Å². The molecule has 1 N–H and O–H groups in total. The van der Waals surface area contributed by atoms with Crippen LogP contribution in [-0.4, -0.2) is 27.0 Å². The smallest absolute Gasteiger partial charge is 0.173 e. The van der Waals surface area contributed by atoms with Gasteiger partial charge in [-0.05, 0) is 12.0 Å². The lowest BCUT2D eigenvalue weighted by Crippen LogP contribution is -2.36. The van der Waals surface area contributed by atoms with Crippen LogP contribution in [0.5, 0.6) is 0 Å². The quantitative estimate of drug-likeness (QED) is 0.882. The van der Waals surface area contributed by atoms with Crippen LogP contribution in [0.2, 0.25) is 0 Å². The van der Waals surface area contributed by atoms with Gasteiger partial charge in [-0.3, -0.25) is 4.79 Å². The van der Waals surface area contributed by atoms with Crippen molar-refractivity contribution in [2.24, 2.45) is 5.41 Å². The minimum atomic E-state index is -0.732. The Kier molecular flexibility index (Phi) is 2.52. The first kappa shape index (κ1) is 11.2. The lowest BCUT2D eigenvalue weighted by atomic mass is 9.84. The maximum absolute atomic E-state index is 12.5. The zero-order valence-corrected chi connectivity index (χ0v) is 9.91. The molecule has 0 amide bonds. The van der Waals surface area contributed by atoms with Gasteiger partial charge in [0.1, 0.15) is 0 Å². The van der Waals surface area contributed by atoms with Crippen molar-refractivity contribution >= 4 is 5.78 Å². The molecule has 0 saturated carbocycles. The molecule has 1 aromatic heterocycles. The summed E-state index contributed by atoms with van der Waals surface area (Å²) in [5, 5.41) is 9.70. The molecule has 4 nitrogen and oxygen atoms in total. The van der Waals surface area contributed by atoms with Crippen LogP contribution < -0.4 is 0 Å². The summed E-state index contributed by atoms with van der Waals surface area (Å²) < 4.78 is 1.85. The van der Waals surface area contributed by atoms with Crippen molar-refractivity contribution in [2.75, 3.05) is 6.61 Å². The maximum Gasteiger partial charge on any atom is 0.173 e. The Hall–Kier alpha value is -1.94. The average Bonchev–Trinajstić information content (AvgIpc) is 2.99. The summed E-state index contributed by atoms with van der Waals surface area (Å²) in [6.07, 6.45) is 5.76. The third-order valence-corrected chi connectivity index (χ3v) is 3.62. The second kappa shape index (κ2) is 4.07. The molecule has 1 aliphatic carbocycles. The lowest BCUT2D eigenvalue weighted by Gasteiger charge is -2.25. The molecule has 0 fully saturated rings. The Morgan fingerprint density at radius 1 is 1.39 bits per heavy atom. The highest BCUT2D eigenvalue weighted by Crippen LogP contribution is 2.37. The number of nitrogens with zero attached hydrogens (tertiary/aromatic N) is 2. The fraction of sp³-hybridized carbons (Fsp3) is 0.286. The number of hydrogen-bond donors (Lipinski definition) is 1. The van der Waals surface area contributed by atoms with E-state index in [0.717, 1.165) is 11.1 Å². The van der Waals surface area contributed by atoms with Gasteiger partial charge in [-0.15, -0.1) is 0 Å². The summed E-state index contributed by atoms with van der Waals surface area (Å²) in [6.45, 7) is 0.329. The van der Waals surface area contributed by atoms with Gasteiger partial charge < -0.3 is 9.67 Å². The van der Waals surface area contributed by atoms with Crippen LogP contribution in [0.4, 0.5) is 0 Å². The number of hydrogen-bond acceptors (Lipinski definition) is 3. The fourth-order valence-electron chi connectivity index (χ4n) is 2.66. The molecule has 0 bridgehead atoms. The zero-order valence-electron chi connectivity index (χ0n) is 9.91. The van der Waals surface area contributed by atoms with Crippen molar-refractivity contribution in [3.05, 3.63) is 54.1 Å². The van der Waals surface area contributed by atoms with E-state index in [-0.39, 0.29) is 12.4 Å². The summed E-state index contributed by atoms with van der Waals surface area (Å²) in [5.41, 5.74) is 1.04. The molecule has 3 rings (SSSR count). The fourth-order valence-corrected chi connectivity index (χ4v) is 2.66. The topological polar surface area (TPSA) is 55.1 Å². The summed E-state index contributed by atoms with van der Waals surface area (Å²) in [7, 11) is 0. The molecular formula is C14H14N2O2. The largest absolute Gasteiger partial charge is 0.395 e. The lowest BCUT2D eigenvalue weighted by molar-refractivity contribution is 0.0626. The van der Waals surface area contributed by atoms with Gasteiger partial charge in [-0.1, -0.05) is 24.3 Å². The Labute approximate surface area is 105 Å². The van der Waals surface area contributed by atoms with Crippen LogP contribution in [0.1, 0.15) is 15.9 Å². The van der Waals surface area contributed by atoms with E-state index in [4.69, 9.17) is 0 Å². The van der Waals surface area contributed by atoms with Crippen molar-refractivity contribution in [3.63, 3.8) is 0 Å². The van der Waals surface area contributed by atoms with Gasteiger partial charge in [0.2, 0.25) is 0 Å². The van der Waals surface area contributed by atoms with E-state index >= 15 is 0 Å². The van der Waals surface area contributed by atoms with E-state index in [2.05, 4.69) is 4.98 Å². The van der Waals surface area contributed by atoms with E-state index in [1.165, 1.54) is 0 Å². The van der Waals surface area contributed by atoms with Gasteiger partial charge in [-0.2, -0.15) is 0 Å². The van der Waals surface area contributed by atoms with Crippen molar-refractivity contribution in [3.8, 4) is 0 Å². The molecule has 0 radical (unpaired) electrons. The second-order valence-corrected chi connectivity index (χ2v) is 4.84. The van der Waals surface area contributed by atoms with Gasteiger partial charge in [-0.25, -0.2) is 4.98 Å². The van der Waals surface area contributed by atoms with Crippen molar-refractivity contribution in [1.29, 1.82) is 0 Å². The van der Waals surface area contributed by atoms with E-state index < -0.39 is 5.41 Å². The van der Waals surface area contributed by atoms with Gasteiger partial charge in [0.05, 0.1) is 18.3 Å². The Balaban J connectivity index is 1.98. The van der Waals surface area contributed by atoms with Crippen LogP contribution in [0.15, 0.2) is 43.0 Å². The van der Waals surface area contributed by atoms with Crippen LogP contribution in [0.25, 0.3) is 0 Å². The second-order valence-electron chi connectivity index (χ2n) is 4.84. The van der Waals surface area contributed by atoms with Crippen LogP contribution in [-0.2, 0) is 13.0 Å². The summed E-state index contributed by atoms with van der Waals surface area (Å²) >= 11 is 0. The van der Waals surface area contributed by atoms with Crippen molar-refractivity contribution < 1.29 is 9.90 Å². The van der Waals surface area contributed by atoms with Crippen LogP contribution >= 0.6 is 0 Å². The standard InChI is InChI=1S/C14H14N2O2/c17-9-14(8-16-6-5-15-10-16)7-11-3-1-2-4-12(11)13(14)18/h1-6,10,17H,7-9H2. The predicted molar refractivity (Wildman–Crippen MR) is 66.2 cm³/mol. The first-order valence-electron chi connectivity index (χ1n) is 5.94. The molecule has 0 saturated heterocycles. The number of aliphatic hydroxyl groups excluding tert-OH is 1. The number of rotatable bonds is 3. The molecule has 1 aliphatic rings. The molecule has 18 heavy (non-hydrogen) atoms. The maximum atomic E-state index is 12.5. The number of fused-ring (bicyclic) bond motifs is 1. The van der Waals surface area contributed by atoms with Crippen LogP contribution in [0.3, 0.4) is 0 Å². The van der Waals surface area contributed by atoms with Gasteiger partial charge >= 0.3 is 0 Å². The van der Waals surface area contributed by atoms with Crippen molar-refractivity contribution in [1.82, 2.24) is 9.55 Å². The molecule has 1 aromatic carbocycles. The number of benzene rings is 1. The highest BCUT2D eigenvalue weighted by Gasteiger charge is 2.45. The summed E-state index contributed by atoms with van der Waals surface area (Å²) in [6, 6.07) is 7.58. The monoisotopic (exact) mass is 242 g/mol. The average molecular weight is 242 g/mol. The molecule has 0 spiro atoms. The minimum Gasteiger partial charge on any atom is -0.395 e. The third kappa shape index (κ3) is 1.57. The number of aliphatic hydroxyl groups is 1. The minimum absolute atomic E-state index is 0.0364. The van der Waals surface area contributed by atoms with Crippen molar-refractivity contribution in [2.45, 2.75) is 13.0 Å². The first-order valence-corrected chi connectivity index (χ1v) is 5.94. The highest BCUT2D eigenvalue weighted by atomic mass is 16.3. The Morgan fingerprint density at radius 3 is 2.89 bits per heavy atom. The third-order valence-electron chi connectivity index (χ3n) is 3.62. The Morgan fingerprint density at radius 2 is 2.22 bits per heavy atom. The molecular weight excluding hydrogens is 228 g/mol. The zero-order chi connectivity index (χ0) is 12.6. The van der Waals surface area contributed by atoms with E-state index in [0.29, 0.717) is 13.0 Å². The van der Waals surface area contributed by atoms with Crippen LogP contribution in [0, 0.1) is 5.41 Å². The SMILES string of the molecule is O=C1c2ccccc2CC1(CO)Cn1ccnc1. The number of carbonyl (C=O) groups is 1. The molecule has 2 aromatic rings. The van der Waals surface area contributed by atoms with Gasteiger partial charge in [0.15, 0.2) is 5.78 Å². The van der Waals surface area contributed by atoms with E-state index in [9.17, 15) is 9.90 Å². The molecule has 92 valence electrons. The van der Waals surface area contributed by atoms with E-state index in [1.54, 1.807) is 12.5 Å². The molecule has 0 aliphatic heterocycles. The molecule has 1 unspecified atom stereocenters.